The van der Waals surface area contributed by atoms with E-state index in [1.54, 1.807) is 24.3 Å². The van der Waals surface area contributed by atoms with Crippen LogP contribution in [0.15, 0.2) is 68.7 Å². The summed E-state index contributed by atoms with van der Waals surface area (Å²) >= 11 is 4.34. The number of benzene rings is 2. The Kier molecular flexibility index (Phi) is 7.71. The molecule has 0 saturated heterocycles. The van der Waals surface area contributed by atoms with E-state index in [9.17, 15) is 13.2 Å². The number of rotatable bonds is 9. The van der Waals surface area contributed by atoms with Gasteiger partial charge in [0.1, 0.15) is 21.8 Å². The van der Waals surface area contributed by atoms with Gasteiger partial charge in [-0.05, 0) is 52.2 Å². The van der Waals surface area contributed by atoms with Crippen molar-refractivity contribution in [1.82, 2.24) is 4.72 Å². The van der Waals surface area contributed by atoms with Gasteiger partial charge in [0.05, 0.1) is 23.7 Å². The molecule has 2 aromatic carbocycles. The Bertz CT molecular complexity index is 1150. The average molecular weight is 525 g/mol. The summed E-state index contributed by atoms with van der Waals surface area (Å²) in [6.07, 6.45) is 0.177. The van der Waals surface area contributed by atoms with Gasteiger partial charge < -0.3 is 14.8 Å². The second-order valence-corrected chi connectivity index (χ2v) is 10.9. The van der Waals surface area contributed by atoms with Crippen molar-refractivity contribution in [2.75, 3.05) is 19.5 Å². The number of ether oxygens (including phenoxy) is 2. The Morgan fingerprint density at radius 1 is 1.06 bits per heavy atom. The minimum atomic E-state index is -3.90. The Labute approximate surface area is 193 Å². The van der Waals surface area contributed by atoms with Crippen molar-refractivity contribution in [3.05, 3.63) is 70.0 Å². The number of halogens is 1. The summed E-state index contributed by atoms with van der Waals surface area (Å²) in [5.41, 5.74) is 1.23. The number of nitrogens with one attached hydrogen (secondary N) is 2. The number of thiophene rings is 1. The normalized spacial score (nSPS) is 12.2. The first-order valence-corrected chi connectivity index (χ1v) is 12.3. The van der Waals surface area contributed by atoms with Crippen LogP contribution in [0, 0.1) is 0 Å². The van der Waals surface area contributed by atoms with Gasteiger partial charge in [-0.25, -0.2) is 8.42 Å². The lowest BCUT2D eigenvalue weighted by atomic mass is 10.1. The van der Waals surface area contributed by atoms with Gasteiger partial charge in [0.2, 0.25) is 5.91 Å². The first-order chi connectivity index (χ1) is 14.8. The highest BCUT2D eigenvalue weighted by molar-refractivity contribution is 9.11. The second-order valence-electron chi connectivity index (χ2n) is 6.48. The number of amides is 1. The quantitative estimate of drug-likeness (QED) is 0.440. The highest BCUT2D eigenvalue weighted by Gasteiger charge is 2.28. The molecule has 0 aliphatic carbocycles. The Hall–Kier alpha value is -2.40. The SMILES string of the molecule is COc1ccc(NC(=O)[C@H](Cc2ccccc2)NS(=O)(=O)c2ccc(Br)s2)c(OC)c1. The lowest BCUT2D eigenvalue weighted by Crippen LogP contribution is -2.45. The second kappa shape index (κ2) is 10.3. The molecular formula is C21H21BrN2O5S2. The van der Waals surface area contributed by atoms with Crippen LogP contribution in [-0.4, -0.2) is 34.6 Å². The molecule has 0 unspecified atom stereocenters. The molecular weight excluding hydrogens is 504 g/mol. The summed E-state index contributed by atoms with van der Waals surface area (Å²) in [5.74, 6) is 0.461. The zero-order valence-corrected chi connectivity index (χ0v) is 20.0. The first kappa shape index (κ1) is 23.3. The minimum Gasteiger partial charge on any atom is -0.497 e. The summed E-state index contributed by atoms with van der Waals surface area (Å²) in [4.78, 5) is 13.1. The van der Waals surface area contributed by atoms with E-state index in [0.717, 1.165) is 16.9 Å². The Balaban J connectivity index is 1.88. The monoisotopic (exact) mass is 524 g/mol. The van der Waals surface area contributed by atoms with E-state index in [-0.39, 0.29) is 10.6 Å². The van der Waals surface area contributed by atoms with E-state index in [1.807, 2.05) is 30.3 Å². The Morgan fingerprint density at radius 3 is 2.42 bits per heavy atom. The summed E-state index contributed by atoms with van der Waals surface area (Å²) in [6.45, 7) is 0. The van der Waals surface area contributed by atoms with Gasteiger partial charge in [0, 0.05) is 6.07 Å². The maximum atomic E-state index is 13.1. The predicted octanol–water partition coefficient (Wildman–Crippen LogP) is 4.06. The molecule has 7 nitrogen and oxygen atoms in total. The molecule has 10 heteroatoms. The van der Waals surface area contributed by atoms with Crippen molar-refractivity contribution >= 4 is 48.9 Å². The van der Waals surface area contributed by atoms with Crippen LogP contribution in [0.4, 0.5) is 5.69 Å². The summed E-state index contributed by atoms with van der Waals surface area (Å²) in [7, 11) is -0.892. The summed E-state index contributed by atoms with van der Waals surface area (Å²) in [6, 6.07) is 16.2. The molecule has 1 atom stereocenters. The molecule has 0 fully saturated rings. The molecule has 0 saturated carbocycles. The fourth-order valence-corrected chi connectivity index (χ4v) is 6.07. The van der Waals surface area contributed by atoms with Crippen LogP contribution < -0.4 is 19.5 Å². The van der Waals surface area contributed by atoms with Crippen LogP contribution in [0.1, 0.15) is 5.56 Å². The maximum absolute atomic E-state index is 13.1. The van der Waals surface area contributed by atoms with Crippen LogP contribution >= 0.6 is 27.3 Å². The van der Waals surface area contributed by atoms with Crippen LogP contribution in [0.3, 0.4) is 0 Å². The van der Waals surface area contributed by atoms with Crippen molar-refractivity contribution in [3.8, 4) is 11.5 Å². The van der Waals surface area contributed by atoms with Crippen molar-refractivity contribution in [3.63, 3.8) is 0 Å². The molecule has 0 radical (unpaired) electrons. The number of hydrogen-bond acceptors (Lipinski definition) is 6. The largest absolute Gasteiger partial charge is 0.497 e. The van der Waals surface area contributed by atoms with Gasteiger partial charge in [0.15, 0.2) is 0 Å². The third-order valence-corrected chi connectivity index (χ3v) is 7.96. The summed E-state index contributed by atoms with van der Waals surface area (Å²) in [5, 5.41) is 2.76. The molecule has 0 bridgehead atoms. The molecule has 31 heavy (non-hydrogen) atoms. The molecule has 3 aromatic rings. The smallest absolute Gasteiger partial charge is 0.250 e. The van der Waals surface area contributed by atoms with Crippen molar-refractivity contribution in [1.29, 1.82) is 0 Å². The zero-order valence-electron chi connectivity index (χ0n) is 16.8. The number of anilines is 1. The van der Waals surface area contributed by atoms with E-state index in [1.165, 1.54) is 20.3 Å². The average Bonchev–Trinajstić information content (AvgIpc) is 3.21. The van der Waals surface area contributed by atoms with Gasteiger partial charge in [0.25, 0.3) is 10.0 Å². The predicted molar refractivity (Wildman–Crippen MR) is 124 cm³/mol. The number of hydrogen-bond donors (Lipinski definition) is 2. The molecule has 2 N–H and O–H groups in total. The van der Waals surface area contributed by atoms with E-state index in [2.05, 4.69) is 26.0 Å². The molecule has 1 amide bonds. The number of carbonyl (C=O) groups is 1. The van der Waals surface area contributed by atoms with Crippen LogP contribution in [0.25, 0.3) is 0 Å². The highest BCUT2D eigenvalue weighted by Crippen LogP contribution is 2.30. The molecule has 0 aliphatic rings. The molecule has 1 heterocycles. The minimum absolute atomic E-state index is 0.118. The number of carbonyl (C=O) groups excluding carboxylic acids is 1. The van der Waals surface area contributed by atoms with Gasteiger partial charge in [-0.15, -0.1) is 11.3 Å². The molecule has 0 aliphatic heterocycles. The zero-order chi connectivity index (χ0) is 22.4. The van der Waals surface area contributed by atoms with Gasteiger partial charge in [-0.1, -0.05) is 30.3 Å². The van der Waals surface area contributed by atoms with Crippen molar-refractivity contribution < 1.29 is 22.7 Å². The molecule has 1 aromatic heterocycles. The number of sulfonamides is 1. The van der Waals surface area contributed by atoms with E-state index in [4.69, 9.17) is 9.47 Å². The van der Waals surface area contributed by atoms with Crippen LogP contribution in [0.5, 0.6) is 11.5 Å². The molecule has 164 valence electrons. The summed E-state index contributed by atoms with van der Waals surface area (Å²) < 4.78 is 39.6. The Morgan fingerprint density at radius 2 is 1.81 bits per heavy atom. The van der Waals surface area contributed by atoms with Crippen molar-refractivity contribution in [2.24, 2.45) is 0 Å². The third kappa shape index (κ3) is 6.07. The van der Waals surface area contributed by atoms with Gasteiger partial charge in [-0.3, -0.25) is 4.79 Å². The standard InChI is InChI=1S/C21H21BrN2O5S2/c1-28-15-8-9-16(18(13-15)29-2)23-21(25)17(12-14-6-4-3-5-7-14)24-31(26,27)20-11-10-19(22)30-20/h3-11,13,17,24H,12H2,1-2H3,(H,23,25)/t17-/m0/s1. The van der Waals surface area contributed by atoms with E-state index >= 15 is 0 Å². The maximum Gasteiger partial charge on any atom is 0.250 e. The molecule has 0 spiro atoms. The van der Waals surface area contributed by atoms with Crippen molar-refractivity contribution in [2.45, 2.75) is 16.7 Å². The van der Waals surface area contributed by atoms with E-state index in [0.29, 0.717) is 21.0 Å². The van der Waals surface area contributed by atoms with Crippen LogP contribution in [-0.2, 0) is 21.2 Å². The van der Waals surface area contributed by atoms with E-state index < -0.39 is 22.0 Å². The lowest BCUT2D eigenvalue weighted by molar-refractivity contribution is -0.117. The van der Waals surface area contributed by atoms with Gasteiger partial charge in [-0.2, -0.15) is 4.72 Å². The van der Waals surface area contributed by atoms with Gasteiger partial charge >= 0.3 is 0 Å². The highest BCUT2D eigenvalue weighted by atomic mass is 79.9. The number of methoxy groups -OCH3 is 2. The fourth-order valence-electron chi connectivity index (χ4n) is 2.85. The third-order valence-electron chi connectivity index (χ3n) is 4.38. The lowest BCUT2D eigenvalue weighted by Gasteiger charge is -2.19. The molecule has 3 rings (SSSR count). The topological polar surface area (TPSA) is 93.7 Å². The van der Waals surface area contributed by atoms with Crippen LogP contribution in [0.2, 0.25) is 0 Å². The first-order valence-electron chi connectivity index (χ1n) is 9.17. The fraction of sp³-hybridized carbons (Fsp3) is 0.190.